The second-order valence-corrected chi connectivity index (χ2v) is 7.60. The Morgan fingerprint density at radius 1 is 0.966 bits per heavy atom. The van der Waals surface area contributed by atoms with Gasteiger partial charge in [0.1, 0.15) is 5.75 Å². The molecular weight excluding hydrogens is 364 g/mol. The molecule has 0 saturated carbocycles. The summed E-state index contributed by atoms with van der Waals surface area (Å²) in [5.74, 6) is -0.150. The van der Waals surface area contributed by atoms with Gasteiger partial charge in [-0.3, -0.25) is 4.79 Å². The van der Waals surface area contributed by atoms with Crippen molar-refractivity contribution in [3.8, 4) is 5.75 Å². The van der Waals surface area contributed by atoms with Crippen LogP contribution in [0.4, 0.5) is 0 Å². The maximum Gasteiger partial charge on any atom is 0.338 e. The molecule has 0 radical (unpaired) electrons. The van der Waals surface area contributed by atoms with Crippen LogP contribution in [-0.4, -0.2) is 18.5 Å². The first-order valence-corrected chi connectivity index (χ1v) is 9.85. The van der Waals surface area contributed by atoms with E-state index in [-0.39, 0.29) is 11.9 Å². The number of benzene rings is 3. The van der Waals surface area contributed by atoms with Crippen LogP contribution in [0.5, 0.6) is 5.75 Å². The number of carbonyl (C=O) groups excluding carboxylic acids is 2. The summed E-state index contributed by atoms with van der Waals surface area (Å²) in [5.41, 5.74) is 1.58. The van der Waals surface area contributed by atoms with Crippen LogP contribution in [0.25, 0.3) is 21.5 Å². The Morgan fingerprint density at radius 2 is 1.62 bits per heavy atom. The molecule has 29 heavy (non-hydrogen) atoms. The lowest BCUT2D eigenvalue weighted by atomic mass is 9.98. The summed E-state index contributed by atoms with van der Waals surface area (Å²) in [6.07, 6.45) is 1.66. The summed E-state index contributed by atoms with van der Waals surface area (Å²) < 4.78 is 10.6. The van der Waals surface area contributed by atoms with E-state index in [4.69, 9.17) is 9.47 Å². The SMILES string of the molecule is C=C(C)C(=O)Oc1ccc2c(ccc3cc(CCCOC(=O)C(C)C)ccc32)c1. The van der Waals surface area contributed by atoms with Crippen molar-refractivity contribution in [2.75, 3.05) is 6.61 Å². The van der Waals surface area contributed by atoms with Crippen molar-refractivity contribution < 1.29 is 19.1 Å². The van der Waals surface area contributed by atoms with E-state index in [9.17, 15) is 9.59 Å². The smallest absolute Gasteiger partial charge is 0.338 e. The molecule has 0 atom stereocenters. The highest BCUT2D eigenvalue weighted by Crippen LogP contribution is 2.29. The molecule has 3 aromatic rings. The molecule has 3 aromatic carbocycles. The quantitative estimate of drug-likeness (QED) is 0.173. The van der Waals surface area contributed by atoms with Crippen LogP contribution in [0, 0.1) is 5.92 Å². The number of esters is 2. The predicted molar refractivity (Wildman–Crippen MR) is 116 cm³/mol. The van der Waals surface area contributed by atoms with Crippen LogP contribution in [0.2, 0.25) is 0 Å². The summed E-state index contributed by atoms with van der Waals surface area (Å²) in [4.78, 5) is 23.2. The minimum atomic E-state index is -0.422. The van der Waals surface area contributed by atoms with E-state index in [0.717, 1.165) is 34.4 Å². The number of rotatable bonds is 7. The van der Waals surface area contributed by atoms with Crippen molar-refractivity contribution in [3.63, 3.8) is 0 Å². The summed E-state index contributed by atoms with van der Waals surface area (Å²) in [7, 11) is 0. The zero-order chi connectivity index (χ0) is 21.0. The van der Waals surface area contributed by atoms with E-state index < -0.39 is 5.97 Å². The molecule has 0 bridgehead atoms. The first-order chi connectivity index (χ1) is 13.8. The highest BCUT2D eigenvalue weighted by Gasteiger charge is 2.09. The molecule has 0 amide bonds. The Labute approximate surface area is 171 Å². The van der Waals surface area contributed by atoms with E-state index in [1.54, 1.807) is 13.0 Å². The lowest BCUT2D eigenvalue weighted by Gasteiger charge is -2.10. The van der Waals surface area contributed by atoms with Gasteiger partial charge in [0.05, 0.1) is 12.5 Å². The fourth-order valence-corrected chi connectivity index (χ4v) is 3.13. The lowest BCUT2D eigenvalue weighted by molar-refractivity contribution is -0.147. The molecular formula is C25H26O4. The fraction of sp³-hybridized carbons (Fsp3) is 0.280. The number of aryl methyl sites for hydroxylation is 1. The Hall–Kier alpha value is -3.14. The molecule has 0 spiro atoms. The summed E-state index contributed by atoms with van der Waals surface area (Å²) in [6.45, 7) is 9.35. The van der Waals surface area contributed by atoms with Crippen LogP contribution in [0.15, 0.2) is 60.7 Å². The van der Waals surface area contributed by atoms with Crippen molar-refractivity contribution in [1.29, 1.82) is 0 Å². The van der Waals surface area contributed by atoms with E-state index >= 15 is 0 Å². The van der Waals surface area contributed by atoms with Crippen LogP contribution < -0.4 is 4.74 Å². The minimum absolute atomic E-state index is 0.0891. The van der Waals surface area contributed by atoms with Crippen LogP contribution in [-0.2, 0) is 20.7 Å². The molecule has 0 aliphatic rings. The Bertz CT molecular complexity index is 1080. The molecule has 0 fully saturated rings. The first kappa shape index (κ1) is 20.6. The van der Waals surface area contributed by atoms with Gasteiger partial charge in [0.25, 0.3) is 0 Å². The second-order valence-electron chi connectivity index (χ2n) is 7.60. The van der Waals surface area contributed by atoms with E-state index in [2.05, 4.69) is 30.8 Å². The van der Waals surface area contributed by atoms with Gasteiger partial charge < -0.3 is 9.47 Å². The van der Waals surface area contributed by atoms with Gasteiger partial charge in [-0.25, -0.2) is 4.79 Å². The zero-order valence-corrected chi connectivity index (χ0v) is 17.2. The van der Waals surface area contributed by atoms with E-state index in [0.29, 0.717) is 17.9 Å². The van der Waals surface area contributed by atoms with Gasteiger partial charge in [-0.05, 0) is 59.0 Å². The lowest BCUT2D eigenvalue weighted by Crippen LogP contribution is -2.12. The molecule has 0 heterocycles. The van der Waals surface area contributed by atoms with Gasteiger partial charge in [0, 0.05) is 5.57 Å². The molecule has 3 rings (SSSR count). The van der Waals surface area contributed by atoms with Crippen LogP contribution >= 0.6 is 0 Å². The number of hydrogen-bond acceptors (Lipinski definition) is 4. The standard InChI is InChI=1S/C25H26O4/c1-16(2)24(26)28-13-5-6-18-7-11-22-19(14-18)8-9-20-15-21(10-12-23(20)22)29-25(27)17(3)4/h7-12,14-16H,3,5-6,13H2,1-2,4H3. The summed E-state index contributed by atoms with van der Waals surface area (Å²) in [6, 6.07) is 16.2. The highest BCUT2D eigenvalue weighted by molar-refractivity contribution is 6.08. The topological polar surface area (TPSA) is 52.6 Å². The molecule has 4 heteroatoms. The third-order valence-corrected chi connectivity index (χ3v) is 4.76. The first-order valence-electron chi connectivity index (χ1n) is 9.85. The summed E-state index contributed by atoms with van der Waals surface area (Å²) in [5, 5.41) is 4.42. The van der Waals surface area contributed by atoms with E-state index in [1.165, 1.54) is 5.56 Å². The van der Waals surface area contributed by atoms with Gasteiger partial charge in [-0.15, -0.1) is 0 Å². The van der Waals surface area contributed by atoms with Crippen LogP contribution in [0.3, 0.4) is 0 Å². The van der Waals surface area contributed by atoms with Crippen molar-refractivity contribution in [2.45, 2.75) is 33.6 Å². The van der Waals surface area contributed by atoms with Crippen molar-refractivity contribution in [2.24, 2.45) is 5.92 Å². The molecule has 150 valence electrons. The molecule has 0 N–H and O–H groups in total. The van der Waals surface area contributed by atoms with Gasteiger partial charge in [-0.1, -0.05) is 56.8 Å². The van der Waals surface area contributed by atoms with Crippen LogP contribution in [0.1, 0.15) is 32.8 Å². The maximum absolute atomic E-state index is 11.7. The van der Waals surface area contributed by atoms with E-state index in [1.807, 2.05) is 32.0 Å². The molecule has 4 nitrogen and oxygen atoms in total. The second kappa shape index (κ2) is 8.91. The minimum Gasteiger partial charge on any atom is -0.465 e. The number of fused-ring (bicyclic) bond motifs is 3. The van der Waals surface area contributed by atoms with Crippen molar-refractivity contribution in [1.82, 2.24) is 0 Å². The Morgan fingerprint density at radius 3 is 2.28 bits per heavy atom. The van der Waals surface area contributed by atoms with Gasteiger partial charge >= 0.3 is 11.9 Å². The molecule has 0 aromatic heterocycles. The fourth-order valence-electron chi connectivity index (χ4n) is 3.13. The molecule has 0 aliphatic carbocycles. The average Bonchev–Trinajstić information content (AvgIpc) is 2.70. The average molecular weight is 390 g/mol. The number of hydrogen-bond donors (Lipinski definition) is 0. The largest absolute Gasteiger partial charge is 0.465 e. The predicted octanol–water partition coefficient (Wildman–Crippen LogP) is 5.61. The third kappa shape index (κ3) is 5.02. The molecule has 0 aliphatic heterocycles. The third-order valence-electron chi connectivity index (χ3n) is 4.76. The molecule has 0 saturated heterocycles. The normalized spacial score (nSPS) is 11.0. The monoisotopic (exact) mass is 390 g/mol. The van der Waals surface area contributed by atoms with Gasteiger partial charge in [-0.2, -0.15) is 0 Å². The Balaban J connectivity index is 1.74. The number of carbonyl (C=O) groups is 2. The number of ether oxygens (including phenoxy) is 2. The van der Waals surface area contributed by atoms with Gasteiger partial charge in [0.2, 0.25) is 0 Å². The highest BCUT2D eigenvalue weighted by atomic mass is 16.5. The summed E-state index contributed by atoms with van der Waals surface area (Å²) >= 11 is 0. The zero-order valence-electron chi connectivity index (χ0n) is 17.2. The maximum atomic E-state index is 11.7. The Kier molecular flexibility index (Phi) is 6.32. The van der Waals surface area contributed by atoms with Crippen molar-refractivity contribution >= 4 is 33.5 Å². The molecule has 0 unspecified atom stereocenters. The van der Waals surface area contributed by atoms with Crippen molar-refractivity contribution in [3.05, 3.63) is 66.2 Å². The van der Waals surface area contributed by atoms with Gasteiger partial charge in [0.15, 0.2) is 0 Å².